The first-order chi connectivity index (χ1) is 11.0. The Bertz CT molecular complexity index is 560. The van der Waals surface area contributed by atoms with Crippen LogP contribution in [0.5, 0.6) is 0 Å². The van der Waals surface area contributed by atoms with E-state index in [0.29, 0.717) is 12.1 Å². The number of alkyl halides is 3. The fraction of sp³-hybridized carbons (Fsp3) is 0.562. The van der Waals surface area contributed by atoms with Crippen LogP contribution in [0.2, 0.25) is 0 Å². The summed E-state index contributed by atoms with van der Waals surface area (Å²) in [6.45, 7) is 3.85. The third-order valence-corrected chi connectivity index (χ3v) is 3.57. The number of amides is 2. The zero-order valence-electron chi connectivity index (χ0n) is 14.2. The van der Waals surface area contributed by atoms with E-state index < -0.39 is 23.9 Å². The van der Waals surface area contributed by atoms with Gasteiger partial charge < -0.3 is 20.6 Å². The zero-order chi connectivity index (χ0) is 18.5. The minimum absolute atomic E-state index is 0.0465. The molecule has 2 amide bonds. The molecule has 1 aromatic rings. The third kappa shape index (κ3) is 5.92. The highest BCUT2D eigenvalue weighted by Gasteiger charge is 2.34. The van der Waals surface area contributed by atoms with Crippen molar-refractivity contribution in [3.63, 3.8) is 0 Å². The molecule has 136 valence electrons. The highest BCUT2D eigenvalue weighted by Crippen LogP contribution is 2.37. The van der Waals surface area contributed by atoms with E-state index in [0.717, 1.165) is 6.07 Å². The van der Waals surface area contributed by atoms with Gasteiger partial charge in [0.05, 0.1) is 17.4 Å². The molecular formula is C16H24F3N3O2. The van der Waals surface area contributed by atoms with Crippen LogP contribution in [0.1, 0.15) is 25.8 Å². The summed E-state index contributed by atoms with van der Waals surface area (Å²) in [6, 6.07) is 2.96. The fourth-order valence-electron chi connectivity index (χ4n) is 1.99. The molecule has 1 aromatic carbocycles. The van der Waals surface area contributed by atoms with Crippen LogP contribution in [0.25, 0.3) is 0 Å². The maximum absolute atomic E-state index is 13.2. The molecule has 0 saturated heterocycles. The fourth-order valence-corrected chi connectivity index (χ4v) is 1.99. The van der Waals surface area contributed by atoms with Crippen molar-refractivity contribution in [3.05, 3.63) is 23.8 Å². The van der Waals surface area contributed by atoms with E-state index in [-0.39, 0.29) is 18.2 Å². The van der Waals surface area contributed by atoms with Crippen LogP contribution in [-0.2, 0) is 6.18 Å². The Balaban J connectivity index is 2.78. The number of nitrogens with zero attached hydrogens (tertiary/aromatic N) is 1. The normalized spacial score (nSPS) is 12.9. The van der Waals surface area contributed by atoms with Gasteiger partial charge in [-0.1, -0.05) is 13.8 Å². The van der Waals surface area contributed by atoms with E-state index in [1.807, 2.05) is 13.8 Å². The maximum atomic E-state index is 13.2. The average molecular weight is 347 g/mol. The zero-order valence-corrected chi connectivity index (χ0v) is 14.2. The number of benzene rings is 1. The number of carbonyl (C=O) groups is 1. The first-order valence-corrected chi connectivity index (χ1v) is 7.64. The predicted octanol–water partition coefficient (Wildman–Crippen LogP) is 3.30. The molecule has 0 aliphatic rings. The van der Waals surface area contributed by atoms with Gasteiger partial charge in [-0.15, -0.1) is 0 Å². The quantitative estimate of drug-likeness (QED) is 0.740. The average Bonchev–Trinajstić information content (AvgIpc) is 2.45. The van der Waals surface area contributed by atoms with Crippen molar-refractivity contribution in [1.29, 1.82) is 0 Å². The lowest BCUT2D eigenvalue weighted by molar-refractivity contribution is -0.136. The summed E-state index contributed by atoms with van der Waals surface area (Å²) in [4.78, 5) is 13.3. The SMILES string of the molecule is CC(C)[C@H](O)CCNC(=O)Nc1ccc(N(C)C)cc1C(F)(F)F. The number of hydrogen-bond acceptors (Lipinski definition) is 3. The minimum atomic E-state index is -4.58. The number of carbonyl (C=O) groups excluding carboxylic acids is 1. The Labute approximate surface area is 139 Å². The number of anilines is 2. The summed E-state index contributed by atoms with van der Waals surface area (Å²) in [7, 11) is 3.27. The summed E-state index contributed by atoms with van der Waals surface area (Å²) in [6.07, 6.45) is -4.82. The molecule has 0 fully saturated rings. The molecule has 1 atom stereocenters. The Morgan fingerprint density at radius 3 is 2.42 bits per heavy atom. The molecule has 0 spiro atoms. The standard InChI is InChI=1S/C16H24F3N3O2/c1-10(2)14(23)7-8-20-15(24)21-13-6-5-11(22(3)4)9-12(13)16(17,18)19/h5-6,9-10,14,23H,7-8H2,1-4H3,(H2,20,21,24)/t14-/m1/s1. The topological polar surface area (TPSA) is 64.6 Å². The van der Waals surface area contributed by atoms with Gasteiger partial charge in [0.2, 0.25) is 0 Å². The Hall–Kier alpha value is -1.96. The van der Waals surface area contributed by atoms with Crippen molar-refractivity contribution in [2.24, 2.45) is 5.92 Å². The third-order valence-electron chi connectivity index (χ3n) is 3.57. The lowest BCUT2D eigenvalue weighted by atomic mass is 10.0. The Kier molecular flexibility index (Phi) is 6.89. The van der Waals surface area contributed by atoms with E-state index in [2.05, 4.69) is 10.6 Å². The lowest BCUT2D eigenvalue weighted by Crippen LogP contribution is -2.32. The van der Waals surface area contributed by atoms with Crippen molar-refractivity contribution in [2.45, 2.75) is 32.5 Å². The van der Waals surface area contributed by atoms with Gasteiger partial charge in [0.1, 0.15) is 0 Å². The monoisotopic (exact) mass is 347 g/mol. The van der Waals surface area contributed by atoms with Gasteiger partial charge in [-0.2, -0.15) is 13.2 Å². The Morgan fingerprint density at radius 2 is 1.92 bits per heavy atom. The summed E-state index contributed by atoms with van der Waals surface area (Å²) in [5.74, 6) is 0.0465. The maximum Gasteiger partial charge on any atom is 0.418 e. The smallest absolute Gasteiger partial charge is 0.393 e. The number of nitrogens with one attached hydrogen (secondary N) is 2. The number of aliphatic hydroxyl groups is 1. The molecule has 8 heteroatoms. The highest BCUT2D eigenvalue weighted by atomic mass is 19.4. The molecule has 0 radical (unpaired) electrons. The van der Waals surface area contributed by atoms with Crippen LogP contribution in [0.3, 0.4) is 0 Å². The predicted molar refractivity (Wildman–Crippen MR) is 88.3 cm³/mol. The molecule has 0 heterocycles. The molecular weight excluding hydrogens is 323 g/mol. The van der Waals surface area contributed by atoms with E-state index >= 15 is 0 Å². The number of aliphatic hydroxyl groups excluding tert-OH is 1. The summed E-state index contributed by atoms with van der Waals surface area (Å²) < 4.78 is 39.5. The van der Waals surface area contributed by atoms with Crippen LogP contribution in [-0.4, -0.2) is 37.9 Å². The van der Waals surface area contributed by atoms with E-state index in [9.17, 15) is 23.1 Å². The van der Waals surface area contributed by atoms with Gasteiger partial charge in [0.25, 0.3) is 0 Å². The number of rotatable bonds is 6. The van der Waals surface area contributed by atoms with Crippen LogP contribution in [0.4, 0.5) is 29.3 Å². The van der Waals surface area contributed by atoms with Crippen molar-refractivity contribution >= 4 is 17.4 Å². The summed E-state index contributed by atoms with van der Waals surface area (Å²) in [5.41, 5.74) is -0.839. The molecule has 0 aliphatic heterocycles. The molecule has 0 saturated carbocycles. The molecule has 1 rings (SSSR count). The molecule has 0 unspecified atom stereocenters. The second-order valence-electron chi connectivity index (χ2n) is 6.10. The summed E-state index contributed by atoms with van der Waals surface area (Å²) >= 11 is 0. The number of halogens is 3. The Morgan fingerprint density at radius 1 is 1.29 bits per heavy atom. The highest BCUT2D eigenvalue weighted by molar-refractivity contribution is 5.90. The van der Waals surface area contributed by atoms with Gasteiger partial charge in [-0.3, -0.25) is 0 Å². The molecule has 5 nitrogen and oxygen atoms in total. The molecule has 0 aromatic heterocycles. The van der Waals surface area contributed by atoms with Gasteiger partial charge in [0, 0.05) is 26.3 Å². The van der Waals surface area contributed by atoms with Gasteiger partial charge in [-0.05, 0) is 30.5 Å². The molecule has 0 bridgehead atoms. The number of urea groups is 1. The molecule has 3 N–H and O–H groups in total. The second kappa shape index (κ2) is 8.23. The van der Waals surface area contributed by atoms with Crippen molar-refractivity contribution in [1.82, 2.24) is 5.32 Å². The molecule has 24 heavy (non-hydrogen) atoms. The van der Waals surface area contributed by atoms with Crippen molar-refractivity contribution < 1.29 is 23.1 Å². The van der Waals surface area contributed by atoms with E-state index in [1.54, 1.807) is 19.0 Å². The van der Waals surface area contributed by atoms with Crippen molar-refractivity contribution in [3.8, 4) is 0 Å². The summed E-state index contributed by atoms with van der Waals surface area (Å²) in [5, 5.41) is 14.3. The van der Waals surface area contributed by atoms with Crippen LogP contribution in [0.15, 0.2) is 18.2 Å². The van der Waals surface area contributed by atoms with Gasteiger partial charge in [-0.25, -0.2) is 4.79 Å². The van der Waals surface area contributed by atoms with Crippen LogP contribution in [0, 0.1) is 5.92 Å². The van der Waals surface area contributed by atoms with Crippen LogP contribution < -0.4 is 15.5 Å². The minimum Gasteiger partial charge on any atom is -0.393 e. The van der Waals surface area contributed by atoms with Gasteiger partial charge in [0.15, 0.2) is 0 Å². The van der Waals surface area contributed by atoms with Crippen LogP contribution >= 0.6 is 0 Å². The van der Waals surface area contributed by atoms with E-state index in [1.165, 1.54) is 12.1 Å². The van der Waals surface area contributed by atoms with Crippen molar-refractivity contribution in [2.75, 3.05) is 30.9 Å². The van der Waals surface area contributed by atoms with E-state index in [4.69, 9.17) is 0 Å². The lowest BCUT2D eigenvalue weighted by Gasteiger charge is -2.19. The molecule has 0 aliphatic carbocycles. The first kappa shape index (κ1) is 20.1. The second-order valence-corrected chi connectivity index (χ2v) is 6.10. The van der Waals surface area contributed by atoms with Gasteiger partial charge >= 0.3 is 12.2 Å². The number of hydrogen-bond donors (Lipinski definition) is 3. The largest absolute Gasteiger partial charge is 0.418 e. The first-order valence-electron chi connectivity index (χ1n) is 7.64.